The van der Waals surface area contributed by atoms with Crippen LogP contribution in [0.2, 0.25) is 0 Å². The lowest BCUT2D eigenvalue weighted by molar-refractivity contribution is -0.133. The van der Waals surface area contributed by atoms with E-state index in [4.69, 9.17) is 4.74 Å². The maximum absolute atomic E-state index is 12.7. The fourth-order valence-electron chi connectivity index (χ4n) is 4.28. The summed E-state index contributed by atoms with van der Waals surface area (Å²) in [7, 11) is -3.62. The number of hydrogen-bond acceptors (Lipinski definition) is 5. The number of carbonyl (C=O) groups is 1. The van der Waals surface area contributed by atoms with Crippen molar-refractivity contribution in [3.63, 3.8) is 0 Å². The number of piperazine rings is 1. The van der Waals surface area contributed by atoms with Crippen LogP contribution in [0.5, 0.6) is 5.75 Å². The van der Waals surface area contributed by atoms with Gasteiger partial charge in [0.15, 0.2) is 6.61 Å². The zero-order valence-electron chi connectivity index (χ0n) is 20.8. The van der Waals surface area contributed by atoms with Crippen molar-refractivity contribution in [2.75, 3.05) is 44.2 Å². The van der Waals surface area contributed by atoms with E-state index in [-0.39, 0.29) is 17.4 Å². The van der Waals surface area contributed by atoms with Crippen LogP contribution >= 0.6 is 0 Å². The van der Waals surface area contributed by atoms with Gasteiger partial charge in [0.25, 0.3) is 5.91 Å². The number of rotatable bonds is 9. The molecular weight excluding hydrogens is 474 g/mol. The zero-order chi connectivity index (χ0) is 25.5. The summed E-state index contributed by atoms with van der Waals surface area (Å²) in [6.07, 6.45) is 0.613. The quantitative estimate of drug-likeness (QED) is 0.479. The third-order valence-corrected chi connectivity index (χ3v) is 8.07. The molecular formula is C28H33N3O4S. The van der Waals surface area contributed by atoms with Crippen LogP contribution < -0.4 is 14.4 Å². The molecule has 1 N–H and O–H groups in total. The van der Waals surface area contributed by atoms with Gasteiger partial charge in [-0.05, 0) is 67.3 Å². The molecule has 0 atom stereocenters. The van der Waals surface area contributed by atoms with Gasteiger partial charge in [0.1, 0.15) is 5.75 Å². The molecule has 0 saturated carbocycles. The van der Waals surface area contributed by atoms with Gasteiger partial charge in [-0.25, -0.2) is 13.1 Å². The number of nitrogens with zero attached hydrogens (tertiary/aromatic N) is 2. The number of sulfonamides is 1. The lowest BCUT2D eigenvalue weighted by atomic mass is 10.1. The van der Waals surface area contributed by atoms with Crippen LogP contribution in [0.25, 0.3) is 0 Å². The average molecular weight is 508 g/mol. The van der Waals surface area contributed by atoms with Gasteiger partial charge in [-0.3, -0.25) is 4.79 Å². The molecule has 1 saturated heterocycles. The summed E-state index contributed by atoms with van der Waals surface area (Å²) in [6, 6.07) is 22.2. The van der Waals surface area contributed by atoms with Crippen molar-refractivity contribution in [3.05, 3.63) is 89.5 Å². The van der Waals surface area contributed by atoms with Gasteiger partial charge in [-0.15, -0.1) is 0 Å². The monoisotopic (exact) mass is 507 g/mol. The first-order chi connectivity index (χ1) is 17.3. The Hall–Kier alpha value is -3.36. The molecule has 0 radical (unpaired) electrons. The minimum Gasteiger partial charge on any atom is -0.484 e. The van der Waals surface area contributed by atoms with Crippen molar-refractivity contribution in [3.8, 4) is 5.75 Å². The molecule has 1 aliphatic rings. The second-order valence-electron chi connectivity index (χ2n) is 8.98. The van der Waals surface area contributed by atoms with Crippen molar-refractivity contribution < 1.29 is 17.9 Å². The van der Waals surface area contributed by atoms with E-state index in [1.165, 1.54) is 28.9 Å². The molecule has 7 nitrogen and oxygen atoms in total. The summed E-state index contributed by atoms with van der Waals surface area (Å²) < 4.78 is 33.4. The van der Waals surface area contributed by atoms with Crippen molar-refractivity contribution in [2.45, 2.75) is 25.2 Å². The van der Waals surface area contributed by atoms with Gasteiger partial charge in [0.2, 0.25) is 10.0 Å². The Morgan fingerprint density at radius 3 is 2.28 bits per heavy atom. The van der Waals surface area contributed by atoms with Crippen molar-refractivity contribution >= 4 is 21.6 Å². The highest BCUT2D eigenvalue weighted by molar-refractivity contribution is 7.89. The molecule has 3 aromatic carbocycles. The number of anilines is 1. The Labute approximate surface area is 213 Å². The van der Waals surface area contributed by atoms with Gasteiger partial charge < -0.3 is 14.5 Å². The van der Waals surface area contributed by atoms with Gasteiger partial charge in [-0.1, -0.05) is 42.5 Å². The lowest BCUT2D eigenvalue weighted by Crippen LogP contribution is -2.50. The first-order valence-electron chi connectivity index (χ1n) is 12.2. The Morgan fingerprint density at radius 2 is 1.58 bits per heavy atom. The molecule has 1 fully saturated rings. The summed E-state index contributed by atoms with van der Waals surface area (Å²) in [5.74, 6) is 0.385. The normalized spacial score (nSPS) is 14.1. The van der Waals surface area contributed by atoms with Gasteiger partial charge in [-0.2, -0.15) is 0 Å². The third-order valence-electron chi connectivity index (χ3n) is 6.59. The fraction of sp³-hybridized carbons (Fsp3) is 0.321. The van der Waals surface area contributed by atoms with Crippen molar-refractivity contribution in [2.24, 2.45) is 0 Å². The molecule has 190 valence electrons. The third kappa shape index (κ3) is 6.44. The fourth-order valence-corrected chi connectivity index (χ4v) is 5.32. The van der Waals surface area contributed by atoms with Crippen LogP contribution in [0.4, 0.5) is 5.69 Å². The van der Waals surface area contributed by atoms with Crippen LogP contribution in [-0.4, -0.2) is 58.6 Å². The summed E-state index contributed by atoms with van der Waals surface area (Å²) in [5, 5.41) is 0. The predicted octanol–water partition coefficient (Wildman–Crippen LogP) is 3.55. The van der Waals surface area contributed by atoms with E-state index in [0.29, 0.717) is 31.8 Å². The Morgan fingerprint density at radius 1 is 0.889 bits per heavy atom. The van der Waals surface area contributed by atoms with E-state index < -0.39 is 10.0 Å². The summed E-state index contributed by atoms with van der Waals surface area (Å²) in [4.78, 5) is 17.0. The number of ether oxygens (including phenoxy) is 1. The molecule has 1 heterocycles. The van der Waals surface area contributed by atoms with Gasteiger partial charge >= 0.3 is 0 Å². The van der Waals surface area contributed by atoms with Gasteiger partial charge in [0, 0.05) is 38.4 Å². The highest BCUT2D eigenvalue weighted by Crippen LogP contribution is 2.24. The summed E-state index contributed by atoms with van der Waals surface area (Å²) in [6.45, 7) is 7.32. The molecule has 0 unspecified atom stereocenters. The second-order valence-corrected chi connectivity index (χ2v) is 10.7. The summed E-state index contributed by atoms with van der Waals surface area (Å²) in [5.41, 5.74) is 4.84. The lowest BCUT2D eigenvalue weighted by Gasteiger charge is -2.37. The van der Waals surface area contributed by atoms with E-state index in [1.54, 1.807) is 12.1 Å². The molecule has 36 heavy (non-hydrogen) atoms. The van der Waals surface area contributed by atoms with Crippen molar-refractivity contribution in [1.29, 1.82) is 0 Å². The molecule has 3 aromatic rings. The minimum atomic E-state index is -3.62. The molecule has 0 bridgehead atoms. The second kappa shape index (κ2) is 11.6. The highest BCUT2D eigenvalue weighted by atomic mass is 32.2. The van der Waals surface area contributed by atoms with E-state index in [2.05, 4.69) is 41.7 Å². The van der Waals surface area contributed by atoms with E-state index >= 15 is 0 Å². The number of amides is 1. The molecule has 4 rings (SSSR count). The van der Waals surface area contributed by atoms with Crippen LogP contribution in [0.15, 0.2) is 77.7 Å². The van der Waals surface area contributed by atoms with Gasteiger partial charge in [0.05, 0.1) is 4.90 Å². The smallest absolute Gasteiger partial charge is 0.260 e. The van der Waals surface area contributed by atoms with E-state index in [1.807, 2.05) is 35.2 Å². The number of hydrogen-bond donors (Lipinski definition) is 1. The van der Waals surface area contributed by atoms with Crippen LogP contribution in [0.3, 0.4) is 0 Å². The molecule has 1 amide bonds. The number of benzene rings is 3. The zero-order valence-corrected chi connectivity index (χ0v) is 21.6. The standard InChI is InChI=1S/C28H33N3O4S/c1-22-7-6-10-27(23(22)2)30-17-19-31(20-18-30)28(32)21-35-25-11-13-26(14-12-25)36(33,34)29-16-15-24-8-4-3-5-9-24/h3-14,29H,15-21H2,1-2H3. The van der Waals surface area contributed by atoms with Crippen molar-refractivity contribution in [1.82, 2.24) is 9.62 Å². The Kier molecular flexibility index (Phi) is 8.28. The average Bonchev–Trinajstić information content (AvgIpc) is 2.90. The number of carbonyl (C=O) groups excluding carboxylic acids is 1. The Bertz CT molecular complexity index is 1270. The number of aryl methyl sites for hydroxylation is 1. The largest absolute Gasteiger partial charge is 0.484 e. The first-order valence-corrected chi connectivity index (χ1v) is 13.7. The molecule has 0 spiro atoms. The topological polar surface area (TPSA) is 79.0 Å². The molecule has 1 aliphatic heterocycles. The van der Waals surface area contributed by atoms with Crippen LogP contribution in [0, 0.1) is 13.8 Å². The Balaban J connectivity index is 1.23. The molecule has 0 aromatic heterocycles. The van der Waals surface area contributed by atoms with E-state index in [0.717, 1.165) is 18.7 Å². The van der Waals surface area contributed by atoms with Crippen LogP contribution in [0.1, 0.15) is 16.7 Å². The predicted molar refractivity (Wildman–Crippen MR) is 142 cm³/mol. The highest BCUT2D eigenvalue weighted by Gasteiger charge is 2.23. The van der Waals surface area contributed by atoms with E-state index in [9.17, 15) is 13.2 Å². The molecule has 8 heteroatoms. The minimum absolute atomic E-state index is 0.0742. The summed E-state index contributed by atoms with van der Waals surface area (Å²) >= 11 is 0. The maximum atomic E-state index is 12.7. The molecule has 0 aliphatic carbocycles. The maximum Gasteiger partial charge on any atom is 0.260 e. The van der Waals surface area contributed by atoms with Crippen LogP contribution in [-0.2, 0) is 21.2 Å². The first kappa shape index (κ1) is 25.7. The SMILES string of the molecule is Cc1cccc(N2CCN(C(=O)COc3ccc(S(=O)(=O)NCCc4ccccc4)cc3)CC2)c1C. The number of nitrogens with one attached hydrogen (secondary N) is 1.